The molecule has 1 amide bonds. The van der Waals surface area contributed by atoms with Gasteiger partial charge in [0.2, 0.25) is 0 Å². The summed E-state index contributed by atoms with van der Waals surface area (Å²) in [4.78, 5) is 12.5. The van der Waals surface area contributed by atoms with Gasteiger partial charge in [-0.3, -0.25) is 4.79 Å². The fraction of sp³-hybridized carbons (Fsp3) is 0.0556. The summed E-state index contributed by atoms with van der Waals surface area (Å²) in [6.07, 6.45) is -2.98. The lowest BCUT2D eigenvalue weighted by atomic mass is 10.0. The van der Waals surface area contributed by atoms with Crippen molar-refractivity contribution in [1.29, 1.82) is 0 Å². The first-order valence-electron chi connectivity index (χ1n) is 7.06. The lowest BCUT2D eigenvalue weighted by molar-refractivity contribution is -0.137. The van der Waals surface area contributed by atoms with Crippen LogP contribution in [0.2, 0.25) is 0 Å². The summed E-state index contributed by atoms with van der Waals surface area (Å²) in [7, 11) is 0. The quantitative estimate of drug-likeness (QED) is 0.715. The number of alkyl halides is 3. The molecule has 1 N–H and O–H groups in total. The molecule has 24 heavy (non-hydrogen) atoms. The first kappa shape index (κ1) is 15.9. The molecule has 1 aromatic heterocycles. The van der Waals surface area contributed by atoms with E-state index in [1.165, 1.54) is 18.4 Å². The number of hydrogen-bond donors (Lipinski definition) is 1. The molecule has 0 radical (unpaired) electrons. The number of nitrogens with one attached hydrogen (secondary N) is 1. The maximum Gasteiger partial charge on any atom is 0.416 e. The van der Waals surface area contributed by atoms with Crippen molar-refractivity contribution in [3.05, 3.63) is 78.1 Å². The number of carbonyl (C=O) groups excluding carboxylic acids is 1. The molecule has 0 aliphatic carbocycles. The van der Waals surface area contributed by atoms with Gasteiger partial charge in [0.05, 0.1) is 17.4 Å². The van der Waals surface area contributed by atoms with E-state index in [1.807, 2.05) is 0 Å². The smallest absolute Gasteiger partial charge is 0.416 e. The minimum atomic E-state index is -4.47. The third-order valence-corrected chi connectivity index (χ3v) is 3.41. The van der Waals surface area contributed by atoms with Crippen LogP contribution in [0.25, 0.3) is 11.3 Å². The molecule has 0 unspecified atom stereocenters. The maximum atomic E-state index is 12.8. The van der Waals surface area contributed by atoms with Crippen LogP contribution >= 0.6 is 0 Å². The van der Waals surface area contributed by atoms with E-state index < -0.39 is 17.6 Å². The standard InChI is InChI=1S/C18H12F3NO2/c19-18(20,21)12-5-3-6-13(11-12)22-17(23)15-8-2-1-7-14(15)16-9-4-10-24-16/h1-11H,(H,22,23). The Morgan fingerprint density at radius 3 is 2.46 bits per heavy atom. The van der Waals surface area contributed by atoms with Gasteiger partial charge in [-0.25, -0.2) is 0 Å². The van der Waals surface area contributed by atoms with Crippen LogP contribution in [0.4, 0.5) is 18.9 Å². The van der Waals surface area contributed by atoms with E-state index in [0.717, 1.165) is 12.1 Å². The van der Waals surface area contributed by atoms with Crippen molar-refractivity contribution >= 4 is 11.6 Å². The molecular weight excluding hydrogens is 319 g/mol. The van der Waals surface area contributed by atoms with Gasteiger partial charge in [-0.15, -0.1) is 0 Å². The van der Waals surface area contributed by atoms with Gasteiger partial charge < -0.3 is 9.73 Å². The van der Waals surface area contributed by atoms with Crippen molar-refractivity contribution in [2.45, 2.75) is 6.18 Å². The molecule has 0 saturated heterocycles. The number of furan rings is 1. The average Bonchev–Trinajstić information content (AvgIpc) is 3.08. The van der Waals surface area contributed by atoms with Gasteiger partial charge in [-0.2, -0.15) is 13.2 Å². The van der Waals surface area contributed by atoms with E-state index in [2.05, 4.69) is 5.32 Å². The molecule has 0 spiro atoms. The third-order valence-electron chi connectivity index (χ3n) is 3.41. The van der Waals surface area contributed by atoms with Crippen LogP contribution in [0.5, 0.6) is 0 Å². The maximum absolute atomic E-state index is 12.8. The second-order valence-electron chi connectivity index (χ2n) is 5.06. The number of hydrogen-bond acceptors (Lipinski definition) is 2. The second kappa shape index (κ2) is 6.23. The van der Waals surface area contributed by atoms with Crippen molar-refractivity contribution in [2.24, 2.45) is 0 Å². The van der Waals surface area contributed by atoms with Crippen LogP contribution in [0.1, 0.15) is 15.9 Å². The van der Waals surface area contributed by atoms with Gasteiger partial charge in [0.1, 0.15) is 5.76 Å². The zero-order valence-electron chi connectivity index (χ0n) is 12.3. The summed E-state index contributed by atoms with van der Waals surface area (Å²) in [5, 5.41) is 2.49. The van der Waals surface area contributed by atoms with E-state index in [1.54, 1.807) is 36.4 Å². The molecule has 1 heterocycles. The fourth-order valence-electron chi connectivity index (χ4n) is 2.30. The topological polar surface area (TPSA) is 42.2 Å². The Bertz CT molecular complexity index is 855. The van der Waals surface area contributed by atoms with E-state index in [9.17, 15) is 18.0 Å². The SMILES string of the molecule is O=C(Nc1cccc(C(F)(F)F)c1)c1ccccc1-c1ccco1. The third kappa shape index (κ3) is 3.32. The summed E-state index contributed by atoms with van der Waals surface area (Å²) >= 11 is 0. The average molecular weight is 331 g/mol. The van der Waals surface area contributed by atoms with Gasteiger partial charge in [-0.05, 0) is 36.4 Å². The number of rotatable bonds is 3. The molecule has 3 rings (SSSR count). The highest BCUT2D eigenvalue weighted by molar-refractivity contribution is 6.08. The van der Waals surface area contributed by atoms with Crippen molar-refractivity contribution in [2.75, 3.05) is 5.32 Å². The zero-order valence-corrected chi connectivity index (χ0v) is 12.3. The van der Waals surface area contributed by atoms with Crippen LogP contribution in [0.15, 0.2) is 71.3 Å². The molecule has 0 saturated carbocycles. The molecule has 0 aliphatic heterocycles. The molecule has 0 bridgehead atoms. The molecule has 6 heteroatoms. The molecule has 3 nitrogen and oxygen atoms in total. The fourth-order valence-corrected chi connectivity index (χ4v) is 2.30. The van der Waals surface area contributed by atoms with Crippen LogP contribution in [-0.2, 0) is 6.18 Å². The van der Waals surface area contributed by atoms with Gasteiger partial charge in [0.25, 0.3) is 5.91 Å². The Morgan fingerprint density at radius 2 is 1.75 bits per heavy atom. The molecule has 0 aliphatic rings. The number of carbonyl (C=O) groups is 1. The molecule has 3 aromatic rings. The van der Waals surface area contributed by atoms with Crippen LogP contribution in [0, 0.1) is 0 Å². The Balaban J connectivity index is 1.89. The van der Waals surface area contributed by atoms with Gasteiger partial charge in [-0.1, -0.05) is 24.3 Å². The Kier molecular flexibility index (Phi) is 4.12. The minimum absolute atomic E-state index is 0.0732. The zero-order chi connectivity index (χ0) is 17.2. The van der Waals surface area contributed by atoms with E-state index >= 15 is 0 Å². The molecule has 0 fully saturated rings. The van der Waals surface area contributed by atoms with Crippen LogP contribution in [0.3, 0.4) is 0 Å². The lowest BCUT2D eigenvalue weighted by Gasteiger charge is -2.11. The van der Waals surface area contributed by atoms with Crippen molar-refractivity contribution in [1.82, 2.24) is 0 Å². The Labute approximate surface area is 135 Å². The second-order valence-corrected chi connectivity index (χ2v) is 5.06. The van der Waals surface area contributed by atoms with Gasteiger partial charge in [0, 0.05) is 11.3 Å². The normalized spacial score (nSPS) is 11.3. The monoisotopic (exact) mass is 331 g/mol. The summed E-state index contributed by atoms with van der Waals surface area (Å²) < 4.78 is 43.6. The van der Waals surface area contributed by atoms with Crippen molar-refractivity contribution < 1.29 is 22.4 Å². The minimum Gasteiger partial charge on any atom is -0.464 e. The number of halogens is 3. The van der Waals surface area contributed by atoms with Crippen molar-refractivity contribution in [3.63, 3.8) is 0 Å². The highest BCUT2D eigenvalue weighted by Crippen LogP contribution is 2.31. The Hall–Kier alpha value is -3.02. The summed E-state index contributed by atoms with van der Waals surface area (Å²) in [5.41, 5.74) is 0.125. The summed E-state index contributed by atoms with van der Waals surface area (Å²) in [6, 6.07) is 14.6. The number of amides is 1. The lowest BCUT2D eigenvalue weighted by Crippen LogP contribution is -2.14. The van der Waals surface area contributed by atoms with Crippen molar-refractivity contribution in [3.8, 4) is 11.3 Å². The predicted octanol–water partition coefficient (Wildman–Crippen LogP) is 5.22. The highest BCUT2D eigenvalue weighted by Gasteiger charge is 2.30. The van der Waals surface area contributed by atoms with Crippen LogP contribution in [-0.4, -0.2) is 5.91 Å². The Morgan fingerprint density at radius 1 is 0.958 bits per heavy atom. The highest BCUT2D eigenvalue weighted by atomic mass is 19.4. The van der Waals surface area contributed by atoms with E-state index in [-0.39, 0.29) is 5.69 Å². The van der Waals surface area contributed by atoms with E-state index in [4.69, 9.17) is 4.42 Å². The number of benzene rings is 2. The summed E-state index contributed by atoms with van der Waals surface area (Å²) in [5.74, 6) is -0.00823. The van der Waals surface area contributed by atoms with Gasteiger partial charge in [0.15, 0.2) is 0 Å². The molecular formula is C18H12F3NO2. The molecule has 0 atom stereocenters. The molecule has 2 aromatic carbocycles. The summed E-state index contributed by atoms with van der Waals surface area (Å²) in [6.45, 7) is 0. The molecule has 122 valence electrons. The van der Waals surface area contributed by atoms with Crippen LogP contribution < -0.4 is 5.32 Å². The first-order valence-corrected chi connectivity index (χ1v) is 7.06. The predicted molar refractivity (Wildman–Crippen MR) is 83.5 cm³/mol. The largest absolute Gasteiger partial charge is 0.464 e. The van der Waals surface area contributed by atoms with E-state index in [0.29, 0.717) is 16.9 Å². The first-order chi connectivity index (χ1) is 11.4. The number of anilines is 1. The van der Waals surface area contributed by atoms with Gasteiger partial charge >= 0.3 is 6.18 Å².